The largest absolute Gasteiger partial charge is 0.497 e. The van der Waals surface area contributed by atoms with E-state index in [1.807, 2.05) is 67.6 Å². The first-order chi connectivity index (χ1) is 17.6. The van der Waals surface area contributed by atoms with Crippen LogP contribution in [0.2, 0.25) is 0 Å². The number of methoxy groups -OCH3 is 1. The van der Waals surface area contributed by atoms with Gasteiger partial charge in [0.15, 0.2) is 0 Å². The number of carbonyl (C=O) groups excluding carboxylic acids is 1. The number of carbonyl (C=O) groups is 1. The van der Waals surface area contributed by atoms with E-state index >= 15 is 0 Å². The van der Waals surface area contributed by atoms with Crippen molar-refractivity contribution in [1.29, 1.82) is 0 Å². The fourth-order valence-corrected chi connectivity index (χ4v) is 4.17. The van der Waals surface area contributed by atoms with Crippen molar-refractivity contribution in [2.45, 2.75) is 13.5 Å². The predicted octanol–water partition coefficient (Wildman–Crippen LogP) is 4.02. The smallest absolute Gasteiger partial charge is 0.255 e. The van der Waals surface area contributed by atoms with Crippen molar-refractivity contribution < 1.29 is 14.3 Å². The minimum atomic E-state index is -0.198. The van der Waals surface area contributed by atoms with Crippen LogP contribution in [0.3, 0.4) is 0 Å². The molecule has 0 spiro atoms. The summed E-state index contributed by atoms with van der Waals surface area (Å²) in [5.74, 6) is 1.40. The van der Waals surface area contributed by atoms with E-state index < -0.39 is 0 Å². The lowest BCUT2D eigenvalue weighted by Crippen LogP contribution is -2.36. The van der Waals surface area contributed by atoms with E-state index in [1.54, 1.807) is 24.2 Å². The molecule has 184 valence electrons. The number of hydrogen-bond donors (Lipinski definition) is 1. The summed E-state index contributed by atoms with van der Waals surface area (Å²) in [5.41, 5.74) is 4.92. The third kappa shape index (κ3) is 5.23. The highest BCUT2D eigenvalue weighted by molar-refractivity contribution is 6.00. The Balaban J connectivity index is 1.41. The first kappa shape index (κ1) is 23.6. The van der Waals surface area contributed by atoms with Gasteiger partial charge in [0.1, 0.15) is 17.3 Å². The van der Waals surface area contributed by atoms with Gasteiger partial charge in [0.05, 0.1) is 31.6 Å². The van der Waals surface area contributed by atoms with Crippen LogP contribution in [-0.2, 0) is 11.3 Å². The Morgan fingerprint density at radius 3 is 2.67 bits per heavy atom. The van der Waals surface area contributed by atoms with E-state index in [0.29, 0.717) is 36.8 Å². The van der Waals surface area contributed by atoms with Gasteiger partial charge in [-0.15, -0.1) is 0 Å². The van der Waals surface area contributed by atoms with Gasteiger partial charge < -0.3 is 19.7 Å². The Morgan fingerprint density at radius 1 is 1.08 bits per heavy atom. The molecule has 36 heavy (non-hydrogen) atoms. The summed E-state index contributed by atoms with van der Waals surface area (Å²) in [5, 5.41) is 7.84. The number of nitrogens with one attached hydrogen (secondary N) is 1. The molecule has 4 aromatic rings. The van der Waals surface area contributed by atoms with Gasteiger partial charge in [0.2, 0.25) is 0 Å². The van der Waals surface area contributed by atoms with Gasteiger partial charge in [0, 0.05) is 37.6 Å². The van der Waals surface area contributed by atoms with E-state index in [2.05, 4.69) is 15.2 Å². The van der Waals surface area contributed by atoms with Crippen molar-refractivity contribution in [3.8, 4) is 22.7 Å². The van der Waals surface area contributed by atoms with E-state index in [-0.39, 0.29) is 5.91 Å². The number of aryl methyl sites for hydroxylation is 1. The van der Waals surface area contributed by atoms with Crippen LogP contribution in [0.1, 0.15) is 21.5 Å². The fraction of sp³-hybridized carbons (Fsp3) is 0.250. The van der Waals surface area contributed by atoms with Gasteiger partial charge in [-0.1, -0.05) is 29.8 Å². The quantitative estimate of drug-likeness (QED) is 0.428. The summed E-state index contributed by atoms with van der Waals surface area (Å²) < 4.78 is 12.6. The molecule has 3 heterocycles. The molecule has 0 saturated carbocycles. The lowest BCUT2D eigenvalue weighted by molar-refractivity contribution is 0.0951. The van der Waals surface area contributed by atoms with Crippen molar-refractivity contribution in [3.63, 3.8) is 0 Å². The molecule has 1 amide bonds. The third-order valence-electron chi connectivity index (χ3n) is 6.20. The Bertz CT molecular complexity index is 1340. The third-order valence-corrected chi connectivity index (χ3v) is 6.20. The SMILES string of the molecule is COc1cccc(-c2nn(-c3ccc(C)cc3)cc2C(=O)NCc2ccnc(N3CCOCC3)c2)c1. The number of hydrogen-bond acceptors (Lipinski definition) is 6. The number of nitrogens with zero attached hydrogens (tertiary/aromatic N) is 4. The van der Waals surface area contributed by atoms with E-state index in [4.69, 9.17) is 14.6 Å². The first-order valence-electron chi connectivity index (χ1n) is 12.0. The van der Waals surface area contributed by atoms with Crippen LogP contribution < -0.4 is 15.0 Å². The number of morpholine rings is 1. The average Bonchev–Trinajstić information content (AvgIpc) is 3.38. The number of ether oxygens (including phenoxy) is 2. The van der Waals surface area contributed by atoms with Crippen LogP contribution in [0.15, 0.2) is 73.1 Å². The summed E-state index contributed by atoms with van der Waals surface area (Å²) in [7, 11) is 1.62. The second-order valence-electron chi connectivity index (χ2n) is 8.71. The summed E-state index contributed by atoms with van der Waals surface area (Å²) in [4.78, 5) is 20.1. The van der Waals surface area contributed by atoms with Crippen molar-refractivity contribution in [2.75, 3.05) is 38.3 Å². The molecule has 8 nitrogen and oxygen atoms in total. The van der Waals surface area contributed by atoms with E-state index in [0.717, 1.165) is 41.3 Å². The van der Waals surface area contributed by atoms with Crippen LogP contribution in [0.25, 0.3) is 16.9 Å². The molecule has 0 bridgehead atoms. The zero-order valence-electron chi connectivity index (χ0n) is 20.5. The lowest BCUT2D eigenvalue weighted by atomic mass is 10.1. The monoisotopic (exact) mass is 483 g/mol. The van der Waals surface area contributed by atoms with Crippen molar-refractivity contribution in [1.82, 2.24) is 20.1 Å². The van der Waals surface area contributed by atoms with Crippen LogP contribution in [-0.4, -0.2) is 54.1 Å². The van der Waals surface area contributed by atoms with Gasteiger partial charge in [0.25, 0.3) is 5.91 Å². The van der Waals surface area contributed by atoms with Gasteiger partial charge in [-0.2, -0.15) is 5.10 Å². The molecule has 0 unspecified atom stereocenters. The minimum Gasteiger partial charge on any atom is -0.497 e. The summed E-state index contributed by atoms with van der Waals surface area (Å²) >= 11 is 0. The van der Waals surface area contributed by atoms with Crippen LogP contribution in [0, 0.1) is 6.92 Å². The maximum absolute atomic E-state index is 13.4. The van der Waals surface area contributed by atoms with Crippen LogP contribution in [0.5, 0.6) is 5.75 Å². The Morgan fingerprint density at radius 2 is 1.89 bits per heavy atom. The number of benzene rings is 2. The molecule has 5 rings (SSSR count). The molecular weight excluding hydrogens is 454 g/mol. The van der Waals surface area contributed by atoms with Gasteiger partial charge in [-0.05, 0) is 48.9 Å². The molecule has 0 radical (unpaired) electrons. The van der Waals surface area contributed by atoms with E-state index in [9.17, 15) is 4.79 Å². The Hall–Kier alpha value is -4.17. The zero-order chi connectivity index (χ0) is 24.9. The maximum atomic E-state index is 13.4. The predicted molar refractivity (Wildman–Crippen MR) is 139 cm³/mol. The number of pyridine rings is 1. The topological polar surface area (TPSA) is 81.5 Å². The highest BCUT2D eigenvalue weighted by atomic mass is 16.5. The fourth-order valence-electron chi connectivity index (χ4n) is 4.17. The number of aromatic nitrogens is 3. The number of rotatable bonds is 7. The maximum Gasteiger partial charge on any atom is 0.255 e. The number of anilines is 1. The van der Waals surface area contributed by atoms with Gasteiger partial charge in [-0.3, -0.25) is 4.79 Å². The second-order valence-corrected chi connectivity index (χ2v) is 8.71. The number of amides is 1. The van der Waals surface area contributed by atoms with E-state index in [1.165, 1.54) is 0 Å². The minimum absolute atomic E-state index is 0.198. The molecule has 1 saturated heterocycles. The molecule has 1 aliphatic rings. The standard InChI is InChI=1S/C28H29N5O3/c1-20-6-8-23(9-7-20)33-19-25(27(31-33)22-4-3-5-24(17-22)35-2)28(34)30-18-21-10-11-29-26(16-21)32-12-14-36-15-13-32/h3-11,16-17,19H,12-15,18H2,1-2H3,(H,30,34). The van der Waals surface area contributed by atoms with Gasteiger partial charge >= 0.3 is 0 Å². The highest BCUT2D eigenvalue weighted by Gasteiger charge is 2.20. The first-order valence-corrected chi connectivity index (χ1v) is 12.0. The Kier molecular flexibility index (Phi) is 6.95. The normalized spacial score (nSPS) is 13.4. The molecule has 0 aliphatic carbocycles. The molecule has 1 aliphatic heterocycles. The molecule has 0 atom stereocenters. The lowest BCUT2D eigenvalue weighted by Gasteiger charge is -2.28. The average molecular weight is 484 g/mol. The zero-order valence-corrected chi connectivity index (χ0v) is 20.5. The molecular formula is C28H29N5O3. The van der Waals surface area contributed by atoms with Crippen LogP contribution in [0.4, 0.5) is 5.82 Å². The molecule has 1 fully saturated rings. The van der Waals surface area contributed by atoms with Gasteiger partial charge in [-0.25, -0.2) is 9.67 Å². The van der Waals surface area contributed by atoms with Crippen molar-refractivity contribution >= 4 is 11.7 Å². The highest BCUT2D eigenvalue weighted by Crippen LogP contribution is 2.27. The van der Waals surface area contributed by atoms with Crippen molar-refractivity contribution in [3.05, 3.63) is 89.7 Å². The molecule has 8 heteroatoms. The molecule has 2 aromatic heterocycles. The summed E-state index contributed by atoms with van der Waals surface area (Å²) in [6.07, 6.45) is 3.56. The second kappa shape index (κ2) is 10.6. The summed E-state index contributed by atoms with van der Waals surface area (Å²) in [6.45, 7) is 5.43. The summed E-state index contributed by atoms with van der Waals surface area (Å²) in [6, 6.07) is 19.5. The van der Waals surface area contributed by atoms with Crippen LogP contribution >= 0.6 is 0 Å². The van der Waals surface area contributed by atoms with Crippen molar-refractivity contribution in [2.24, 2.45) is 0 Å². The Labute approximate surface area is 210 Å². The molecule has 1 N–H and O–H groups in total. The molecule has 2 aromatic carbocycles.